The van der Waals surface area contributed by atoms with Crippen molar-refractivity contribution >= 4 is 31.9 Å². The van der Waals surface area contributed by atoms with Crippen molar-refractivity contribution in [1.82, 2.24) is 5.48 Å². The quantitative estimate of drug-likeness (QED) is 0.374. The highest BCUT2D eigenvalue weighted by Crippen LogP contribution is 2.31. The maximum absolute atomic E-state index is 12.1. The number of amidine groups is 1. The number of nitrogens with zero attached hydrogens (tertiary/aromatic N) is 1. The van der Waals surface area contributed by atoms with Crippen LogP contribution in [0.4, 0.5) is 0 Å². The molecule has 0 saturated carbocycles. The Morgan fingerprint density at radius 1 is 1.61 bits per heavy atom. The number of nitrogens with one attached hydrogen (secondary N) is 1. The molecule has 0 aromatic heterocycles. The zero-order valence-corrected chi connectivity index (χ0v) is 11.7. The van der Waals surface area contributed by atoms with E-state index in [9.17, 15) is 14.0 Å². The maximum Gasteiger partial charge on any atom is 0.354 e. The van der Waals surface area contributed by atoms with Crippen LogP contribution in [0.25, 0.3) is 0 Å². The predicted octanol–water partition coefficient (Wildman–Crippen LogP) is 1.02. The van der Waals surface area contributed by atoms with Crippen LogP contribution >= 0.6 is 0 Å². The van der Waals surface area contributed by atoms with Gasteiger partial charge in [0.1, 0.15) is 5.75 Å². The van der Waals surface area contributed by atoms with E-state index in [1.165, 1.54) is 36.0 Å². The lowest BCUT2D eigenvalue weighted by Crippen LogP contribution is -2.27. The smallest absolute Gasteiger partial charge is 0.354 e. The minimum absolute atomic E-state index is 0.216. The Hall–Kier alpha value is -1.17. The highest BCUT2D eigenvalue weighted by atomic mass is 32.3. The van der Waals surface area contributed by atoms with Crippen molar-refractivity contribution in [3.05, 3.63) is 41.5 Å². The summed E-state index contributed by atoms with van der Waals surface area (Å²) in [4.78, 5) is 0.216. The average Bonchev–Trinajstić information content (AvgIpc) is 2.36. The molecule has 18 heavy (non-hydrogen) atoms. The fourth-order valence-corrected chi connectivity index (χ4v) is 2.22. The molecule has 0 amide bonds. The first-order valence-electron chi connectivity index (χ1n) is 4.77. The van der Waals surface area contributed by atoms with Crippen molar-refractivity contribution in [1.29, 1.82) is 0 Å². The summed E-state index contributed by atoms with van der Waals surface area (Å²) in [5.41, 5.74) is 1.50. The van der Waals surface area contributed by atoms with Gasteiger partial charge in [-0.15, -0.1) is 9.35 Å². The molecule has 0 spiro atoms. The molecule has 0 aliphatic heterocycles. The Morgan fingerprint density at radius 2 is 2.17 bits per heavy atom. The van der Waals surface area contributed by atoms with Crippen molar-refractivity contribution in [2.24, 2.45) is 3.98 Å². The molecule has 1 rings (SSSR count). The number of hydrogen-bond acceptors (Lipinski definition) is 4. The van der Waals surface area contributed by atoms with E-state index in [0.29, 0.717) is 5.75 Å². The van der Waals surface area contributed by atoms with Gasteiger partial charge in [-0.1, -0.05) is 6.58 Å². The molecule has 96 valence electrons. The Labute approximate surface area is 113 Å². The maximum atomic E-state index is 12.1. The Bertz CT molecular complexity index is 535. The van der Waals surface area contributed by atoms with Crippen LogP contribution in [0, 0.1) is 5.21 Å². The zero-order valence-electron chi connectivity index (χ0n) is 9.70. The van der Waals surface area contributed by atoms with E-state index in [1.807, 2.05) is 16.5 Å². The van der Waals surface area contributed by atoms with Gasteiger partial charge in [-0.2, -0.15) is 4.21 Å². The average molecular weight is 283 g/mol. The molecule has 8 heteroatoms. The molecule has 0 atom stereocenters. The summed E-state index contributed by atoms with van der Waals surface area (Å²) in [5, 5.41) is 11.4. The van der Waals surface area contributed by atoms with Crippen LogP contribution in [-0.2, 0) is 9.35 Å². The van der Waals surface area contributed by atoms with Gasteiger partial charge in [-0.25, -0.2) is 0 Å². The molecule has 2 radical (unpaired) electrons. The van der Waals surface area contributed by atoms with Crippen LogP contribution in [-0.4, -0.2) is 37.5 Å². The molecule has 0 unspecified atom stereocenters. The number of rotatable bonds is 3. The van der Waals surface area contributed by atoms with Crippen molar-refractivity contribution in [3.8, 4) is 5.75 Å². The highest BCUT2D eigenvalue weighted by molar-refractivity contribution is 8.17. The van der Waals surface area contributed by atoms with E-state index in [1.54, 1.807) is 0 Å². The van der Waals surface area contributed by atoms with Gasteiger partial charge in [0, 0.05) is 11.7 Å². The van der Waals surface area contributed by atoms with E-state index in [4.69, 9.17) is 4.74 Å². The van der Waals surface area contributed by atoms with E-state index in [-0.39, 0.29) is 10.9 Å². The SMILES string of the molecule is C=CS(C)(=O)(O)c1ccc(OC(=[N][Al])N[O-])cc1. The van der Waals surface area contributed by atoms with Crippen LogP contribution in [0.3, 0.4) is 0 Å². The predicted molar refractivity (Wildman–Crippen MR) is 71.9 cm³/mol. The Balaban J connectivity index is 3.01. The monoisotopic (exact) mass is 283 g/mol. The van der Waals surface area contributed by atoms with E-state index < -0.39 is 9.35 Å². The lowest BCUT2D eigenvalue weighted by molar-refractivity contribution is 0.526. The molecule has 0 saturated heterocycles. The van der Waals surface area contributed by atoms with Crippen molar-refractivity contribution < 1.29 is 13.5 Å². The molecule has 0 aliphatic carbocycles. The van der Waals surface area contributed by atoms with Crippen molar-refractivity contribution in [2.75, 3.05) is 6.26 Å². The third-order valence-electron chi connectivity index (χ3n) is 2.21. The standard InChI is InChI=1S/C10H12N2O4S.Al/c1-3-17(2,14,15)9-6-4-8(5-7-9)16-10(11)12-13;/h3-7H,1H2,2H3,(H2-2,11,12,13,14,15);/q-2;+1. The van der Waals surface area contributed by atoms with E-state index in [2.05, 4.69) is 10.6 Å². The minimum atomic E-state index is -4.00. The molecule has 2 N–H and O–H groups in total. The van der Waals surface area contributed by atoms with Gasteiger partial charge in [-0.05, 0) is 24.3 Å². The fraction of sp³-hybridized carbons (Fsp3) is 0.100. The second-order valence-corrected chi connectivity index (χ2v) is 7.41. The summed E-state index contributed by atoms with van der Waals surface area (Å²) < 4.78 is 30.6. The highest BCUT2D eigenvalue weighted by Gasteiger charge is 2.19. The van der Waals surface area contributed by atoms with Crippen molar-refractivity contribution in [3.63, 3.8) is 0 Å². The third-order valence-corrected chi connectivity index (χ3v) is 4.65. The van der Waals surface area contributed by atoms with Gasteiger partial charge in [0.2, 0.25) is 6.02 Å². The molecule has 1 aromatic carbocycles. The van der Waals surface area contributed by atoms with E-state index >= 15 is 0 Å². The molecular weight excluding hydrogens is 271 g/mol. The summed E-state index contributed by atoms with van der Waals surface area (Å²) >= 11 is 1.98. The van der Waals surface area contributed by atoms with Crippen LogP contribution in [0.2, 0.25) is 0 Å². The first-order chi connectivity index (χ1) is 8.30. The van der Waals surface area contributed by atoms with Crippen LogP contribution in [0.5, 0.6) is 5.75 Å². The lowest BCUT2D eigenvalue weighted by Gasteiger charge is -2.34. The topological polar surface area (TPSA) is 94.0 Å². The summed E-state index contributed by atoms with van der Waals surface area (Å²) in [7, 11) is -4.00. The lowest BCUT2D eigenvalue weighted by atomic mass is 10.3. The number of hydrogen-bond donors (Lipinski definition) is 2. The molecule has 0 aliphatic rings. The molecular formula is C10H12AlN2O4S-. The van der Waals surface area contributed by atoms with Gasteiger partial charge >= 0.3 is 16.5 Å². The number of hydroxylamine groups is 1. The third kappa shape index (κ3) is 3.41. The van der Waals surface area contributed by atoms with Gasteiger partial charge in [-0.3, -0.25) is 4.55 Å². The molecule has 1 aromatic rings. The minimum Gasteiger partial charge on any atom is -0.758 e. The molecule has 0 heterocycles. The van der Waals surface area contributed by atoms with Gasteiger partial charge < -0.3 is 19.4 Å². The second kappa shape index (κ2) is 5.22. The second-order valence-electron chi connectivity index (χ2n) is 3.63. The fourth-order valence-electron chi connectivity index (χ4n) is 1.12. The van der Waals surface area contributed by atoms with Crippen LogP contribution in [0.1, 0.15) is 0 Å². The van der Waals surface area contributed by atoms with Crippen molar-refractivity contribution in [2.45, 2.75) is 4.90 Å². The summed E-state index contributed by atoms with van der Waals surface area (Å²) in [6.07, 6.45) is 1.20. The Morgan fingerprint density at radius 3 is 2.56 bits per heavy atom. The largest absolute Gasteiger partial charge is 0.758 e. The van der Waals surface area contributed by atoms with E-state index in [0.717, 1.165) is 5.41 Å². The molecule has 0 fully saturated rings. The number of ether oxygens (including phenoxy) is 1. The molecule has 0 bridgehead atoms. The molecule has 6 nitrogen and oxygen atoms in total. The number of benzene rings is 1. The van der Waals surface area contributed by atoms with Crippen LogP contribution in [0.15, 0.2) is 45.1 Å². The van der Waals surface area contributed by atoms with Crippen LogP contribution < -0.4 is 10.2 Å². The Kier molecular flexibility index (Phi) is 4.32. The van der Waals surface area contributed by atoms with Gasteiger partial charge in [0.25, 0.3) is 0 Å². The van der Waals surface area contributed by atoms with Gasteiger partial charge in [0.15, 0.2) is 0 Å². The summed E-state index contributed by atoms with van der Waals surface area (Å²) in [6.45, 7) is 3.36. The first kappa shape index (κ1) is 14.9. The first-order valence-corrected chi connectivity index (χ1v) is 7.68. The zero-order chi connectivity index (χ0) is 13.8. The normalized spacial score (nSPS) is 14.4. The summed E-state index contributed by atoms with van der Waals surface area (Å²) in [5.74, 6) is 0.315. The summed E-state index contributed by atoms with van der Waals surface area (Å²) in [6, 6.07) is 5.54. The van der Waals surface area contributed by atoms with Gasteiger partial charge in [0.05, 0.1) is 4.90 Å².